The fourth-order valence-corrected chi connectivity index (χ4v) is 3.34. The molecule has 5 heteroatoms. The van der Waals surface area contributed by atoms with E-state index in [1.165, 1.54) is 5.69 Å². The summed E-state index contributed by atoms with van der Waals surface area (Å²) in [5, 5.41) is 3.64. The monoisotopic (exact) mass is 348 g/mol. The molecule has 1 aliphatic rings. The van der Waals surface area contributed by atoms with Gasteiger partial charge in [-0.3, -0.25) is 9.97 Å². The molecule has 0 amide bonds. The molecule has 1 aliphatic heterocycles. The van der Waals surface area contributed by atoms with Gasteiger partial charge in [-0.1, -0.05) is 13.8 Å². The highest BCUT2D eigenvalue weighted by Crippen LogP contribution is 2.29. The second kappa shape index (κ2) is 6.28. The molecule has 2 aromatic heterocycles. The SMILES string of the molecule is CCC1CN(c2ccnc3cc(Br)cnc23)C(CC)CN1. The number of anilines is 1. The summed E-state index contributed by atoms with van der Waals surface area (Å²) in [4.78, 5) is 11.6. The van der Waals surface area contributed by atoms with E-state index in [1.807, 2.05) is 18.5 Å². The zero-order chi connectivity index (χ0) is 14.8. The molecule has 3 rings (SSSR count). The van der Waals surface area contributed by atoms with Crippen molar-refractivity contribution in [3.8, 4) is 0 Å². The maximum Gasteiger partial charge on any atom is 0.112 e. The van der Waals surface area contributed by atoms with Gasteiger partial charge < -0.3 is 10.2 Å². The lowest BCUT2D eigenvalue weighted by Gasteiger charge is -2.41. The van der Waals surface area contributed by atoms with E-state index < -0.39 is 0 Å². The lowest BCUT2D eigenvalue weighted by molar-refractivity contribution is 0.379. The van der Waals surface area contributed by atoms with Gasteiger partial charge in [0.05, 0.1) is 11.2 Å². The van der Waals surface area contributed by atoms with Gasteiger partial charge in [0.15, 0.2) is 0 Å². The van der Waals surface area contributed by atoms with Crippen LogP contribution in [0.2, 0.25) is 0 Å². The van der Waals surface area contributed by atoms with Gasteiger partial charge in [0.25, 0.3) is 0 Å². The molecule has 2 unspecified atom stereocenters. The molecule has 112 valence electrons. The number of halogens is 1. The number of pyridine rings is 2. The molecular weight excluding hydrogens is 328 g/mol. The Morgan fingerprint density at radius 2 is 2.19 bits per heavy atom. The minimum absolute atomic E-state index is 0.517. The minimum atomic E-state index is 0.517. The number of hydrogen-bond acceptors (Lipinski definition) is 4. The number of nitrogens with one attached hydrogen (secondary N) is 1. The predicted octanol–water partition coefficient (Wildman–Crippen LogP) is 3.36. The lowest BCUT2D eigenvalue weighted by Crippen LogP contribution is -2.56. The van der Waals surface area contributed by atoms with Gasteiger partial charge >= 0.3 is 0 Å². The third-order valence-corrected chi connectivity index (χ3v) is 4.73. The molecule has 0 bridgehead atoms. The van der Waals surface area contributed by atoms with Crippen LogP contribution >= 0.6 is 15.9 Å². The largest absolute Gasteiger partial charge is 0.364 e. The molecule has 1 saturated heterocycles. The van der Waals surface area contributed by atoms with Crippen LogP contribution in [0, 0.1) is 0 Å². The van der Waals surface area contributed by atoms with Gasteiger partial charge in [0, 0.05) is 42.0 Å². The normalized spacial score (nSPS) is 22.7. The van der Waals surface area contributed by atoms with Crippen molar-refractivity contribution in [1.82, 2.24) is 15.3 Å². The zero-order valence-corrected chi connectivity index (χ0v) is 14.1. The van der Waals surface area contributed by atoms with Crippen molar-refractivity contribution in [2.45, 2.75) is 38.8 Å². The predicted molar refractivity (Wildman–Crippen MR) is 90.7 cm³/mol. The van der Waals surface area contributed by atoms with E-state index >= 15 is 0 Å². The fourth-order valence-electron chi connectivity index (χ4n) is 3.02. The fraction of sp³-hybridized carbons (Fsp3) is 0.500. The molecule has 1 fully saturated rings. The molecule has 4 nitrogen and oxygen atoms in total. The number of hydrogen-bond donors (Lipinski definition) is 1. The molecule has 21 heavy (non-hydrogen) atoms. The first-order valence-corrected chi connectivity index (χ1v) is 8.42. The van der Waals surface area contributed by atoms with E-state index in [-0.39, 0.29) is 0 Å². The Morgan fingerprint density at radius 1 is 1.33 bits per heavy atom. The highest BCUT2D eigenvalue weighted by molar-refractivity contribution is 9.10. The Labute approximate surface area is 134 Å². The molecule has 0 aliphatic carbocycles. The summed E-state index contributed by atoms with van der Waals surface area (Å²) in [7, 11) is 0. The minimum Gasteiger partial charge on any atom is -0.364 e. The summed E-state index contributed by atoms with van der Waals surface area (Å²) in [5.41, 5.74) is 3.15. The number of aromatic nitrogens is 2. The Balaban J connectivity index is 2.04. The molecule has 2 aromatic rings. The van der Waals surface area contributed by atoms with Crippen LogP contribution in [0.25, 0.3) is 11.0 Å². The summed E-state index contributed by atoms with van der Waals surface area (Å²) in [6, 6.07) is 5.20. The Morgan fingerprint density at radius 3 is 2.95 bits per heavy atom. The van der Waals surface area contributed by atoms with E-state index in [2.05, 4.69) is 56.0 Å². The van der Waals surface area contributed by atoms with Gasteiger partial charge in [0.2, 0.25) is 0 Å². The van der Waals surface area contributed by atoms with Crippen LogP contribution in [0.15, 0.2) is 29.0 Å². The second-order valence-corrected chi connectivity index (χ2v) is 6.49. The summed E-state index contributed by atoms with van der Waals surface area (Å²) >= 11 is 3.47. The molecule has 0 spiro atoms. The molecule has 1 N–H and O–H groups in total. The number of piperazine rings is 1. The summed E-state index contributed by atoms with van der Waals surface area (Å²) in [5.74, 6) is 0. The van der Waals surface area contributed by atoms with E-state index in [9.17, 15) is 0 Å². The van der Waals surface area contributed by atoms with Crippen LogP contribution < -0.4 is 10.2 Å². The van der Waals surface area contributed by atoms with E-state index in [1.54, 1.807) is 0 Å². The molecule has 3 heterocycles. The van der Waals surface area contributed by atoms with Gasteiger partial charge in [-0.05, 0) is 40.9 Å². The standard InChI is InChI=1S/C16H21BrN4/c1-3-12-10-21(13(4-2)9-19-12)15-5-6-18-14-7-11(17)8-20-16(14)15/h5-8,12-13,19H,3-4,9-10H2,1-2H3. The van der Waals surface area contributed by atoms with Crippen LogP contribution in [0.3, 0.4) is 0 Å². The highest BCUT2D eigenvalue weighted by atomic mass is 79.9. The van der Waals surface area contributed by atoms with E-state index in [4.69, 9.17) is 0 Å². The van der Waals surface area contributed by atoms with Crippen molar-refractivity contribution in [3.05, 3.63) is 29.0 Å². The third-order valence-electron chi connectivity index (χ3n) is 4.30. The Bertz CT molecular complexity index is 631. The van der Waals surface area contributed by atoms with E-state index in [0.717, 1.165) is 41.4 Å². The van der Waals surface area contributed by atoms with Gasteiger partial charge in [0.1, 0.15) is 5.52 Å². The highest BCUT2D eigenvalue weighted by Gasteiger charge is 2.27. The van der Waals surface area contributed by atoms with Crippen LogP contribution in [0.5, 0.6) is 0 Å². The maximum absolute atomic E-state index is 4.60. The average Bonchev–Trinajstić information content (AvgIpc) is 2.53. The van der Waals surface area contributed by atoms with Crippen LogP contribution in [0.4, 0.5) is 5.69 Å². The zero-order valence-electron chi connectivity index (χ0n) is 12.5. The van der Waals surface area contributed by atoms with Crippen molar-refractivity contribution >= 4 is 32.7 Å². The summed E-state index contributed by atoms with van der Waals surface area (Å²) in [6.45, 7) is 6.56. The topological polar surface area (TPSA) is 41.1 Å². The number of nitrogens with zero attached hydrogens (tertiary/aromatic N) is 3. The third kappa shape index (κ3) is 2.90. The first-order chi connectivity index (χ1) is 10.2. The number of rotatable bonds is 3. The van der Waals surface area contributed by atoms with E-state index in [0.29, 0.717) is 12.1 Å². The van der Waals surface area contributed by atoms with Crippen molar-refractivity contribution in [2.24, 2.45) is 0 Å². The quantitative estimate of drug-likeness (QED) is 0.923. The number of fused-ring (bicyclic) bond motifs is 1. The smallest absolute Gasteiger partial charge is 0.112 e. The van der Waals surface area contributed by atoms with Gasteiger partial charge in [-0.15, -0.1) is 0 Å². The first kappa shape index (κ1) is 14.7. The van der Waals surface area contributed by atoms with Crippen LogP contribution in [0.1, 0.15) is 26.7 Å². The first-order valence-electron chi connectivity index (χ1n) is 7.63. The molecule has 0 aromatic carbocycles. The Hall–Kier alpha value is -1.20. The van der Waals surface area contributed by atoms with Crippen molar-refractivity contribution in [3.63, 3.8) is 0 Å². The van der Waals surface area contributed by atoms with Crippen molar-refractivity contribution < 1.29 is 0 Å². The van der Waals surface area contributed by atoms with Gasteiger partial charge in [-0.25, -0.2) is 0 Å². The Kier molecular flexibility index (Phi) is 4.40. The second-order valence-electron chi connectivity index (χ2n) is 5.58. The lowest BCUT2D eigenvalue weighted by atomic mass is 10.0. The summed E-state index contributed by atoms with van der Waals surface area (Å²) < 4.78 is 0.971. The summed E-state index contributed by atoms with van der Waals surface area (Å²) in [6.07, 6.45) is 6.02. The van der Waals surface area contributed by atoms with Crippen molar-refractivity contribution in [1.29, 1.82) is 0 Å². The maximum atomic E-state index is 4.60. The average molecular weight is 349 g/mol. The van der Waals surface area contributed by atoms with Crippen LogP contribution in [-0.4, -0.2) is 35.1 Å². The molecule has 2 atom stereocenters. The van der Waals surface area contributed by atoms with Crippen molar-refractivity contribution in [2.75, 3.05) is 18.0 Å². The van der Waals surface area contributed by atoms with Crippen LogP contribution in [-0.2, 0) is 0 Å². The van der Waals surface area contributed by atoms with Gasteiger partial charge in [-0.2, -0.15) is 0 Å². The molecule has 0 radical (unpaired) electrons. The molecule has 0 saturated carbocycles. The molecular formula is C16H21BrN4.